The lowest BCUT2D eigenvalue weighted by Gasteiger charge is -2.07. The van der Waals surface area contributed by atoms with Crippen molar-refractivity contribution in [3.63, 3.8) is 0 Å². The van der Waals surface area contributed by atoms with Crippen molar-refractivity contribution in [3.05, 3.63) is 23.0 Å². The number of hydrogen-bond donors (Lipinski definition) is 3. The minimum absolute atomic E-state index is 0.402. The van der Waals surface area contributed by atoms with E-state index in [1.54, 1.807) is 0 Å². The number of halogens is 2. The highest BCUT2D eigenvalue weighted by Crippen LogP contribution is 2.25. The average Bonchev–Trinajstić information content (AvgIpc) is 2.08. The molecule has 0 heterocycles. The average molecular weight is 268 g/mol. The van der Waals surface area contributed by atoms with Gasteiger partial charge in [-0.2, -0.15) is 0 Å². The van der Waals surface area contributed by atoms with Crippen LogP contribution in [0.1, 0.15) is 0 Å². The molecular formula is C7H7ClFN3O3S. The number of nitrogens with two attached hydrogens (primary N) is 2. The van der Waals surface area contributed by atoms with E-state index < -0.39 is 37.5 Å². The Morgan fingerprint density at radius 3 is 2.50 bits per heavy atom. The van der Waals surface area contributed by atoms with Crippen molar-refractivity contribution >= 4 is 33.3 Å². The molecular weight excluding hydrogens is 261 g/mol. The molecule has 0 saturated heterocycles. The number of urea groups is 1. The van der Waals surface area contributed by atoms with E-state index in [1.165, 1.54) is 4.72 Å². The smallest absolute Gasteiger partial charge is 0.326 e. The summed E-state index contributed by atoms with van der Waals surface area (Å²) in [6, 6.07) is 0.244. The Hall–Kier alpha value is -1.54. The van der Waals surface area contributed by atoms with E-state index in [0.717, 1.165) is 12.1 Å². The Morgan fingerprint density at radius 1 is 1.44 bits per heavy atom. The molecule has 0 unspecified atom stereocenters. The van der Waals surface area contributed by atoms with Crippen LogP contribution in [0.5, 0.6) is 0 Å². The van der Waals surface area contributed by atoms with E-state index in [-0.39, 0.29) is 0 Å². The molecule has 88 valence electrons. The standard InChI is InChI=1S/C7H7ClFN3O3S/c8-3-1-4(9)5(10)2-6(3)16(14,15)12-7(11)13/h1-2H,10H2,(H3,11,12,13). The lowest BCUT2D eigenvalue weighted by molar-refractivity contribution is 0.253. The highest BCUT2D eigenvalue weighted by Gasteiger charge is 2.21. The first-order chi connectivity index (χ1) is 7.24. The van der Waals surface area contributed by atoms with Crippen LogP contribution in [0.4, 0.5) is 14.9 Å². The van der Waals surface area contributed by atoms with E-state index in [2.05, 4.69) is 5.73 Å². The molecule has 0 aliphatic rings. The number of hydrogen-bond acceptors (Lipinski definition) is 4. The minimum atomic E-state index is -4.23. The van der Waals surface area contributed by atoms with Gasteiger partial charge < -0.3 is 11.5 Å². The van der Waals surface area contributed by atoms with Crippen LogP contribution in [0.2, 0.25) is 5.02 Å². The number of rotatable bonds is 2. The molecule has 0 fully saturated rings. The summed E-state index contributed by atoms with van der Waals surface area (Å²) in [6.45, 7) is 0. The van der Waals surface area contributed by atoms with E-state index in [1.807, 2.05) is 0 Å². The summed E-state index contributed by atoms with van der Waals surface area (Å²) in [4.78, 5) is 9.91. The third-order valence-electron chi connectivity index (χ3n) is 1.58. The van der Waals surface area contributed by atoms with Crippen molar-refractivity contribution in [2.75, 3.05) is 5.73 Å². The van der Waals surface area contributed by atoms with Crippen LogP contribution in [0.25, 0.3) is 0 Å². The van der Waals surface area contributed by atoms with E-state index in [0.29, 0.717) is 0 Å². The highest BCUT2D eigenvalue weighted by atomic mass is 35.5. The van der Waals surface area contributed by atoms with E-state index in [4.69, 9.17) is 17.3 Å². The summed E-state index contributed by atoms with van der Waals surface area (Å²) in [7, 11) is -4.23. The van der Waals surface area contributed by atoms with Gasteiger partial charge >= 0.3 is 6.03 Å². The summed E-state index contributed by atoms with van der Waals surface area (Å²) >= 11 is 5.50. The molecule has 0 radical (unpaired) electrons. The molecule has 0 bridgehead atoms. The molecule has 0 spiro atoms. The summed E-state index contributed by atoms with van der Waals surface area (Å²) in [5.41, 5.74) is 9.42. The molecule has 6 nitrogen and oxygen atoms in total. The van der Waals surface area contributed by atoms with Gasteiger partial charge in [-0.1, -0.05) is 11.6 Å². The first kappa shape index (κ1) is 12.5. The molecule has 1 aromatic carbocycles. The number of anilines is 1. The molecule has 16 heavy (non-hydrogen) atoms. The predicted molar refractivity (Wildman–Crippen MR) is 55.7 cm³/mol. The Kier molecular flexibility index (Phi) is 3.24. The Bertz CT molecular complexity index is 546. The number of carbonyl (C=O) groups excluding carboxylic acids is 1. The van der Waals surface area contributed by atoms with Crippen LogP contribution in [-0.2, 0) is 10.0 Å². The fourth-order valence-electron chi connectivity index (χ4n) is 0.938. The quantitative estimate of drug-likeness (QED) is 0.673. The summed E-state index contributed by atoms with van der Waals surface area (Å²) in [5, 5.41) is -0.402. The maximum absolute atomic E-state index is 12.9. The first-order valence-electron chi connectivity index (χ1n) is 3.81. The number of sulfonamides is 1. The second-order valence-corrected chi connectivity index (χ2v) is 4.83. The van der Waals surface area contributed by atoms with Crippen LogP contribution >= 0.6 is 11.6 Å². The molecule has 9 heteroatoms. The van der Waals surface area contributed by atoms with Gasteiger partial charge in [0.25, 0.3) is 10.0 Å². The first-order valence-corrected chi connectivity index (χ1v) is 5.67. The molecule has 0 aliphatic heterocycles. The maximum Gasteiger partial charge on any atom is 0.326 e. The molecule has 1 rings (SSSR count). The Morgan fingerprint density at radius 2 is 2.00 bits per heavy atom. The SMILES string of the molecule is NC(=O)NS(=O)(=O)c1cc(N)c(F)cc1Cl. The van der Waals surface area contributed by atoms with Crippen LogP contribution in [0.15, 0.2) is 17.0 Å². The molecule has 0 aliphatic carbocycles. The van der Waals surface area contributed by atoms with Gasteiger partial charge in [-0.15, -0.1) is 0 Å². The van der Waals surface area contributed by atoms with Crippen molar-refractivity contribution in [2.24, 2.45) is 5.73 Å². The van der Waals surface area contributed by atoms with Crippen molar-refractivity contribution in [1.29, 1.82) is 0 Å². The lowest BCUT2D eigenvalue weighted by atomic mass is 10.3. The van der Waals surface area contributed by atoms with Gasteiger partial charge in [-0.05, 0) is 12.1 Å². The summed E-state index contributed by atoms with van der Waals surface area (Å²) in [6.07, 6.45) is 0. The fourth-order valence-corrected chi connectivity index (χ4v) is 2.37. The topological polar surface area (TPSA) is 115 Å². The predicted octanol–water partition coefficient (Wildman–Crippen LogP) is 0.418. The zero-order valence-corrected chi connectivity index (χ0v) is 9.27. The van der Waals surface area contributed by atoms with Crippen molar-refractivity contribution in [3.8, 4) is 0 Å². The van der Waals surface area contributed by atoms with Gasteiger partial charge in [0.15, 0.2) is 0 Å². The van der Waals surface area contributed by atoms with Gasteiger partial charge in [0.2, 0.25) is 0 Å². The molecule has 0 atom stereocenters. The Balaban J connectivity index is 3.34. The lowest BCUT2D eigenvalue weighted by Crippen LogP contribution is -2.35. The molecule has 1 aromatic rings. The Labute approximate surface area is 95.4 Å². The number of primary amides is 1. The van der Waals surface area contributed by atoms with Crippen molar-refractivity contribution < 1.29 is 17.6 Å². The van der Waals surface area contributed by atoms with Crippen molar-refractivity contribution in [2.45, 2.75) is 4.90 Å². The monoisotopic (exact) mass is 267 g/mol. The number of benzene rings is 1. The number of carbonyl (C=O) groups is 1. The zero-order valence-electron chi connectivity index (χ0n) is 7.70. The molecule has 2 amide bonds. The molecule has 0 aromatic heterocycles. The summed E-state index contributed by atoms with van der Waals surface area (Å²) in [5.74, 6) is -0.858. The van der Waals surface area contributed by atoms with Crippen LogP contribution < -0.4 is 16.2 Å². The van der Waals surface area contributed by atoms with Crippen molar-refractivity contribution in [1.82, 2.24) is 4.72 Å². The van der Waals surface area contributed by atoms with E-state index >= 15 is 0 Å². The van der Waals surface area contributed by atoms with E-state index in [9.17, 15) is 17.6 Å². The zero-order chi connectivity index (χ0) is 12.5. The largest absolute Gasteiger partial charge is 0.396 e. The highest BCUT2D eigenvalue weighted by molar-refractivity contribution is 7.90. The fraction of sp³-hybridized carbons (Fsp3) is 0. The summed E-state index contributed by atoms with van der Waals surface area (Å²) < 4.78 is 37.3. The van der Waals surface area contributed by atoms with Gasteiger partial charge in [0.05, 0.1) is 10.7 Å². The van der Waals surface area contributed by atoms with Gasteiger partial charge in [0.1, 0.15) is 10.7 Å². The van der Waals surface area contributed by atoms with Gasteiger partial charge in [-0.3, -0.25) is 0 Å². The minimum Gasteiger partial charge on any atom is -0.396 e. The maximum atomic E-state index is 12.9. The second kappa shape index (κ2) is 4.14. The van der Waals surface area contributed by atoms with Gasteiger partial charge in [-0.25, -0.2) is 22.3 Å². The second-order valence-electron chi connectivity index (χ2n) is 2.77. The van der Waals surface area contributed by atoms with Crippen LogP contribution in [-0.4, -0.2) is 14.4 Å². The molecule has 0 saturated carbocycles. The van der Waals surface area contributed by atoms with Gasteiger partial charge in [0, 0.05) is 0 Å². The number of nitrogen functional groups attached to an aromatic ring is 1. The molecule has 5 N–H and O–H groups in total. The third kappa shape index (κ3) is 2.52. The number of amides is 2. The van der Waals surface area contributed by atoms with Crippen LogP contribution in [0, 0.1) is 5.82 Å². The third-order valence-corrected chi connectivity index (χ3v) is 3.39. The van der Waals surface area contributed by atoms with Crippen LogP contribution in [0.3, 0.4) is 0 Å². The number of nitrogens with one attached hydrogen (secondary N) is 1. The normalized spacial score (nSPS) is 11.1.